The van der Waals surface area contributed by atoms with Gasteiger partial charge in [-0.15, -0.1) is 0 Å². The van der Waals surface area contributed by atoms with Gasteiger partial charge >= 0.3 is 0 Å². The fourth-order valence-electron chi connectivity index (χ4n) is 3.06. The molecule has 0 unspecified atom stereocenters. The molecule has 0 spiro atoms. The molecule has 0 saturated heterocycles. The first kappa shape index (κ1) is 18.9. The fourth-order valence-corrected chi connectivity index (χ4v) is 3.06. The van der Waals surface area contributed by atoms with Crippen LogP contribution in [0.2, 0.25) is 0 Å². The minimum atomic E-state index is -0.308. The van der Waals surface area contributed by atoms with Gasteiger partial charge < -0.3 is 23.9 Å². The van der Waals surface area contributed by atoms with Gasteiger partial charge in [0.25, 0.3) is 5.91 Å². The zero-order valence-electron chi connectivity index (χ0n) is 16.5. The number of carbonyl (C=O) groups is 1. The number of benzene rings is 1. The van der Waals surface area contributed by atoms with E-state index in [1.54, 1.807) is 18.2 Å². The van der Waals surface area contributed by atoms with Gasteiger partial charge in [0.05, 0.1) is 12.2 Å². The third-order valence-corrected chi connectivity index (χ3v) is 4.42. The quantitative estimate of drug-likeness (QED) is 0.653. The Bertz CT molecular complexity index is 1030. The number of oxazole rings is 1. The highest BCUT2D eigenvalue weighted by atomic mass is 16.7. The SMILES string of the molecule is Cc1cc(C)n(C[C@@H](C)NC(=O)c2coc(COc3ccc4c(c3)OCO4)n2)n1. The lowest BCUT2D eigenvalue weighted by molar-refractivity contribution is 0.0930. The summed E-state index contributed by atoms with van der Waals surface area (Å²) in [6, 6.07) is 7.16. The highest BCUT2D eigenvalue weighted by Gasteiger charge is 2.17. The summed E-state index contributed by atoms with van der Waals surface area (Å²) >= 11 is 0. The van der Waals surface area contributed by atoms with E-state index in [1.807, 2.05) is 31.5 Å². The van der Waals surface area contributed by atoms with Crippen molar-refractivity contribution in [1.82, 2.24) is 20.1 Å². The molecule has 9 heteroatoms. The number of aryl methyl sites for hydroxylation is 2. The van der Waals surface area contributed by atoms with Crippen LogP contribution in [0.15, 0.2) is 34.9 Å². The van der Waals surface area contributed by atoms with E-state index in [1.165, 1.54) is 6.26 Å². The third-order valence-electron chi connectivity index (χ3n) is 4.42. The van der Waals surface area contributed by atoms with Gasteiger partial charge in [-0.3, -0.25) is 9.48 Å². The molecule has 0 aliphatic carbocycles. The first-order valence-electron chi connectivity index (χ1n) is 9.26. The largest absolute Gasteiger partial charge is 0.484 e. The van der Waals surface area contributed by atoms with Gasteiger partial charge in [0.1, 0.15) is 12.0 Å². The smallest absolute Gasteiger partial charge is 0.273 e. The molecule has 1 amide bonds. The van der Waals surface area contributed by atoms with Gasteiger partial charge in [0.15, 0.2) is 23.8 Å². The van der Waals surface area contributed by atoms with Gasteiger partial charge in [-0.1, -0.05) is 0 Å². The lowest BCUT2D eigenvalue weighted by Gasteiger charge is -2.14. The van der Waals surface area contributed by atoms with E-state index in [-0.39, 0.29) is 31.0 Å². The van der Waals surface area contributed by atoms with Crippen LogP contribution in [0.3, 0.4) is 0 Å². The van der Waals surface area contributed by atoms with Crippen LogP contribution in [0.1, 0.15) is 34.7 Å². The number of hydrogen-bond donors (Lipinski definition) is 1. The first-order valence-corrected chi connectivity index (χ1v) is 9.26. The zero-order valence-corrected chi connectivity index (χ0v) is 16.5. The van der Waals surface area contributed by atoms with Crippen molar-refractivity contribution in [1.29, 1.82) is 0 Å². The van der Waals surface area contributed by atoms with Crippen molar-refractivity contribution >= 4 is 5.91 Å². The van der Waals surface area contributed by atoms with E-state index in [4.69, 9.17) is 18.6 Å². The topological polar surface area (TPSA) is 101 Å². The Kier molecular flexibility index (Phi) is 5.11. The summed E-state index contributed by atoms with van der Waals surface area (Å²) in [4.78, 5) is 16.6. The van der Waals surface area contributed by atoms with Gasteiger partial charge in [0, 0.05) is 17.8 Å². The molecular formula is C20H22N4O5. The molecule has 3 aromatic rings. The minimum Gasteiger partial charge on any atom is -0.484 e. The number of nitrogens with one attached hydrogen (secondary N) is 1. The lowest BCUT2D eigenvalue weighted by Crippen LogP contribution is -2.36. The summed E-state index contributed by atoms with van der Waals surface area (Å²) in [5.41, 5.74) is 2.20. The Balaban J connectivity index is 1.31. The van der Waals surface area contributed by atoms with Crippen molar-refractivity contribution < 1.29 is 23.4 Å². The summed E-state index contributed by atoms with van der Waals surface area (Å²) in [7, 11) is 0. The Morgan fingerprint density at radius 1 is 1.28 bits per heavy atom. The zero-order chi connectivity index (χ0) is 20.4. The predicted octanol–water partition coefficient (Wildman–Crippen LogP) is 2.61. The number of amides is 1. The lowest BCUT2D eigenvalue weighted by atomic mass is 10.3. The van der Waals surface area contributed by atoms with Crippen LogP contribution in [-0.2, 0) is 13.2 Å². The second kappa shape index (κ2) is 7.86. The fraction of sp³-hybridized carbons (Fsp3) is 0.350. The number of fused-ring (bicyclic) bond motifs is 1. The van der Waals surface area contributed by atoms with Crippen molar-refractivity contribution in [3.63, 3.8) is 0 Å². The second-order valence-electron chi connectivity index (χ2n) is 6.91. The van der Waals surface area contributed by atoms with E-state index in [9.17, 15) is 4.79 Å². The molecule has 0 fully saturated rings. The molecule has 3 heterocycles. The molecular weight excluding hydrogens is 376 g/mol. The molecule has 1 N–H and O–H groups in total. The number of rotatable bonds is 7. The van der Waals surface area contributed by atoms with Crippen LogP contribution >= 0.6 is 0 Å². The molecule has 1 atom stereocenters. The average Bonchev–Trinajstić information content (AvgIpc) is 3.40. The number of aromatic nitrogens is 3. The monoisotopic (exact) mass is 398 g/mol. The van der Waals surface area contributed by atoms with Crippen molar-refractivity contribution in [3.05, 3.63) is 53.5 Å². The maximum Gasteiger partial charge on any atom is 0.273 e. The molecule has 2 aromatic heterocycles. The number of ether oxygens (including phenoxy) is 3. The molecule has 9 nitrogen and oxygen atoms in total. The maximum atomic E-state index is 12.4. The molecule has 1 aromatic carbocycles. The predicted molar refractivity (Wildman–Crippen MR) is 102 cm³/mol. The van der Waals surface area contributed by atoms with Crippen molar-refractivity contribution in [2.75, 3.05) is 6.79 Å². The van der Waals surface area contributed by atoms with Gasteiger partial charge in [-0.05, 0) is 39.0 Å². The van der Waals surface area contributed by atoms with Crippen molar-refractivity contribution in [3.8, 4) is 17.2 Å². The van der Waals surface area contributed by atoms with E-state index in [2.05, 4.69) is 15.4 Å². The molecule has 152 valence electrons. The van der Waals surface area contributed by atoms with Crippen LogP contribution in [0.4, 0.5) is 0 Å². The molecule has 0 bridgehead atoms. The van der Waals surface area contributed by atoms with E-state index >= 15 is 0 Å². The second-order valence-corrected chi connectivity index (χ2v) is 6.91. The van der Waals surface area contributed by atoms with Crippen molar-refractivity contribution in [2.45, 2.75) is 40.0 Å². The Morgan fingerprint density at radius 3 is 2.90 bits per heavy atom. The Labute approximate surface area is 167 Å². The normalized spacial score (nSPS) is 13.3. The summed E-state index contributed by atoms with van der Waals surface area (Å²) in [5, 5.41) is 7.31. The molecule has 4 rings (SSSR count). The van der Waals surface area contributed by atoms with E-state index < -0.39 is 0 Å². The van der Waals surface area contributed by atoms with Gasteiger partial charge in [-0.25, -0.2) is 4.98 Å². The van der Waals surface area contributed by atoms with Crippen molar-refractivity contribution in [2.24, 2.45) is 0 Å². The van der Waals surface area contributed by atoms with Crippen LogP contribution in [0.25, 0.3) is 0 Å². The molecule has 1 aliphatic heterocycles. The van der Waals surface area contributed by atoms with E-state index in [0.29, 0.717) is 29.7 Å². The summed E-state index contributed by atoms with van der Waals surface area (Å²) in [6.07, 6.45) is 1.32. The summed E-state index contributed by atoms with van der Waals surface area (Å²) in [5.74, 6) is 1.90. The van der Waals surface area contributed by atoms with Gasteiger partial charge in [0.2, 0.25) is 12.7 Å². The highest BCUT2D eigenvalue weighted by Crippen LogP contribution is 2.35. The number of hydrogen-bond acceptors (Lipinski definition) is 7. The Hall–Kier alpha value is -3.49. The maximum absolute atomic E-state index is 12.4. The molecule has 29 heavy (non-hydrogen) atoms. The van der Waals surface area contributed by atoms with E-state index in [0.717, 1.165) is 11.4 Å². The summed E-state index contributed by atoms with van der Waals surface area (Å²) < 4.78 is 23.5. The molecule has 0 saturated carbocycles. The van der Waals surface area contributed by atoms with Crippen LogP contribution in [0, 0.1) is 13.8 Å². The number of nitrogens with zero attached hydrogens (tertiary/aromatic N) is 3. The van der Waals surface area contributed by atoms with Crippen LogP contribution < -0.4 is 19.5 Å². The Morgan fingerprint density at radius 2 is 2.10 bits per heavy atom. The first-order chi connectivity index (χ1) is 14.0. The third kappa shape index (κ3) is 4.34. The van der Waals surface area contributed by atoms with Crippen LogP contribution in [0.5, 0.6) is 17.2 Å². The minimum absolute atomic E-state index is 0.0915. The average molecular weight is 398 g/mol. The highest BCUT2D eigenvalue weighted by molar-refractivity contribution is 5.92. The van der Waals surface area contributed by atoms with Crippen LogP contribution in [-0.4, -0.2) is 33.5 Å². The molecule has 0 radical (unpaired) electrons. The number of carbonyl (C=O) groups excluding carboxylic acids is 1. The van der Waals surface area contributed by atoms with Gasteiger partial charge in [-0.2, -0.15) is 5.10 Å². The summed E-state index contributed by atoms with van der Waals surface area (Å²) in [6.45, 7) is 6.71. The standard InChI is InChI=1S/C20H22N4O5/c1-12-6-14(3)24(23-12)8-13(2)21-20(25)16-9-27-19(22-16)10-26-15-4-5-17-18(7-15)29-11-28-17/h4-7,9,13H,8,10-11H2,1-3H3,(H,21,25)/t13-/m1/s1. The molecule has 1 aliphatic rings.